The van der Waals surface area contributed by atoms with Crippen molar-refractivity contribution in [2.75, 3.05) is 33.2 Å². The summed E-state index contributed by atoms with van der Waals surface area (Å²) in [5, 5.41) is 0. The minimum absolute atomic E-state index is 0.729. The molecule has 2 heteroatoms. The number of hydrogen-bond donors (Lipinski definition) is 0. The van der Waals surface area contributed by atoms with E-state index < -0.39 is 0 Å². The van der Waals surface area contributed by atoms with Crippen molar-refractivity contribution in [1.82, 2.24) is 9.80 Å². The molecule has 0 aromatic rings. The molecule has 0 bridgehead atoms. The van der Waals surface area contributed by atoms with Crippen LogP contribution in [0.25, 0.3) is 0 Å². The maximum atomic E-state index is 2.61. The van der Waals surface area contributed by atoms with Gasteiger partial charge in [-0.1, -0.05) is 13.0 Å². The lowest BCUT2D eigenvalue weighted by atomic mass is 9.99. The Balaban J connectivity index is 2.01. The van der Waals surface area contributed by atoms with Gasteiger partial charge >= 0.3 is 0 Å². The minimum Gasteiger partial charge on any atom is -0.375 e. The van der Waals surface area contributed by atoms with Crippen LogP contribution in [0.4, 0.5) is 0 Å². The average Bonchev–Trinajstić information content (AvgIpc) is 2.19. The second kappa shape index (κ2) is 4.35. The van der Waals surface area contributed by atoms with Crippen molar-refractivity contribution in [3.8, 4) is 0 Å². The molecule has 1 saturated heterocycles. The first kappa shape index (κ1) is 10.0. The summed E-state index contributed by atoms with van der Waals surface area (Å²) in [5.74, 6) is 0.729. The van der Waals surface area contributed by atoms with Gasteiger partial charge in [-0.05, 0) is 26.3 Å². The largest absolute Gasteiger partial charge is 0.375 e. The quantitative estimate of drug-likeness (QED) is 0.629. The summed E-state index contributed by atoms with van der Waals surface area (Å²) >= 11 is 0. The summed E-state index contributed by atoms with van der Waals surface area (Å²) in [5.41, 5.74) is 1.61. The van der Waals surface area contributed by atoms with Crippen LogP contribution in [0.1, 0.15) is 26.2 Å². The van der Waals surface area contributed by atoms with Gasteiger partial charge in [0.25, 0.3) is 0 Å². The molecule has 1 fully saturated rings. The summed E-state index contributed by atoms with van der Waals surface area (Å²) in [4.78, 5) is 5.01. The van der Waals surface area contributed by atoms with Gasteiger partial charge in [-0.15, -0.1) is 0 Å². The standard InChI is InChI=1S/C12H22N2/c1-11-10-13(2)9-6-12(11)14-7-4-3-5-8-14/h6,11H,3-5,7-10H2,1-2H3/t11-/m1/s1. The predicted molar refractivity (Wildman–Crippen MR) is 60.2 cm³/mol. The third kappa shape index (κ3) is 2.11. The van der Waals surface area contributed by atoms with E-state index in [1.54, 1.807) is 5.70 Å². The topological polar surface area (TPSA) is 6.48 Å². The van der Waals surface area contributed by atoms with Gasteiger partial charge in [0.2, 0.25) is 0 Å². The van der Waals surface area contributed by atoms with Crippen molar-refractivity contribution in [1.29, 1.82) is 0 Å². The zero-order valence-electron chi connectivity index (χ0n) is 9.50. The van der Waals surface area contributed by atoms with E-state index in [0.29, 0.717) is 0 Å². The molecule has 2 nitrogen and oxygen atoms in total. The Morgan fingerprint density at radius 3 is 2.57 bits per heavy atom. The lowest BCUT2D eigenvalue weighted by Crippen LogP contribution is -2.39. The molecule has 0 aromatic heterocycles. The Morgan fingerprint density at radius 2 is 1.93 bits per heavy atom. The molecule has 14 heavy (non-hydrogen) atoms. The smallest absolute Gasteiger partial charge is 0.0180 e. The van der Waals surface area contributed by atoms with Gasteiger partial charge in [0, 0.05) is 37.8 Å². The number of hydrogen-bond acceptors (Lipinski definition) is 2. The summed E-state index contributed by atoms with van der Waals surface area (Å²) in [7, 11) is 2.21. The molecule has 80 valence electrons. The molecule has 0 aromatic carbocycles. The Bertz CT molecular complexity index is 216. The Hall–Kier alpha value is -0.500. The zero-order valence-corrected chi connectivity index (χ0v) is 9.50. The van der Waals surface area contributed by atoms with Crippen LogP contribution in [0.2, 0.25) is 0 Å². The molecule has 0 spiro atoms. The van der Waals surface area contributed by atoms with Crippen LogP contribution < -0.4 is 0 Å². The van der Waals surface area contributed by atoms with E-state index in [-0.39, 0.29) is 0 Å². The third-order valence-corrected chi connectivity index (χ3v) is 3.42. The number of likely N-dealkylation sites (N-methyl/N-ethyl adjacent to an activating group) is 1. The van der Waals surface area contributed by atoms with Crippen LogP contribution in [0, 0.1) is 5.92 Å². The highest BCUT2D eigenvalue weighted by Crippen LogP contribution is 2.24. The van der Waals surface area contributed by atoms with E-state index in [9.17, 15) is 0 Å². The Labute approximate surface area is 87.6 Å². The van der Waals surface area contributed by atoms with E-state index in [2.05, 4.69) is 29.8 Å². The first-order chi connectivity index (χ1) is 6.77. The summed E-state index contributed by atoms with van der Waals surface area (Å²) in [6, 6.07) is 0. The molecular formula is C12H22N2. The number of nitrogens with zero attached hydrogens (tertiary/aromatic N) is 2. The lowest BCUT2D eigenvalue weighted by Gasteiger charge is -2.38. The van der Waals surface area contributed by atoms with Gasteiger partial charge in [-0.25, -0.2) is 0 Å². The lowest BCUT2D eigenvalue weighted by molar-refractivity contribution is 0.216. The van der Waals surface area contributed by atoms with E-state index in [1.165, 1.54) is 38.9 Å². The van der Waals surface area contributed by atoms with E-state index >= 15 is 0 Å². The molecule has 2 rings (SSSR count). The van der Waals surface area contributed by atoms with Gasteiger partial charge in [-0.3, -0.25) is 0 Å². The van der Waals surface area contributed by atoms with Crippen LogP contribution in [0.5, 0.6) is 0 Å². The fourth-order valence-corrected chi connectivity index (χ4v) is 2.68. The number of likely N-dealkylation sites (tertiary alicyclic amines) is 1. The van der Waals surface area contributed by atoms with Crippen molar-refractivity contribution in [3.05, 3.63) is 11.8 Å². The van der Waals surface area contributed by atoms with Crippen LogP contribution >= 0.6 is 0 Å². The average molecular weight is 194 g/mol. The van der Waals surface area contributed by atoms with Gasteiger partial charge < -0.3 is 9.80 Å². The molecule has 0 radical (unpaired) electrons. The van der Waals surface area contributed by atoms with Crippen LogP contribution in [0.3, 0.4) is 0 Å². The van der Waals surface area contributed by atoms with E-state index in [1.807, 2.05) is 0 Å². The summed E-state index contributed by atoms with van der Waals surface area (Å²) in [6.07, 6.45) is 6.64. The molecule has 0 unspecified atom stereocenters. The summed E-state index contributed by atoms with van der Waals surface area (Å²) in [6.45, 7) is 7.30. The fourth-order valence-electron chi connectivity index (χ4n) is 2.68. The molecule has 1 atom stereocenters. The fraction of sp³-hybridized carbons (Fsp3) is 0.833. The Morgan fingerprint density at radius 1 is 1.21 bits per heavy atom. The maximum absolute atomic E-state index is 2.61. The normalized spacial score (nSPS) is 30.3. The predicted octanol–water partition coefficient (Wildman–Crippen LogP) is 1.94. The van der Waals surface area contributed by atoms with E-state index in [0.717, 1.165) is 12.5 Å². The van der Waals surface area contributed by atoms with Crippen molar-refractivity contribution >= 4 is 0 Å². The van der Waals surface area contributed by atoms with Gasteiger partial charge in [0.15, 0.2) is 0 Å². The van der Waals surface area contributed by atoms with Crippen molar-refractivity contribution < 1.29 is 0 Å². The van der Waals surface area contributed by atoms with E-state index in [4.69, 9.17) is 0 Å². The van der Waals surface area contributed by atoms with Gasteiger partial charge in [0.05, 0.1) is 0 Å². The molecule has 0 N–H and O–H groups in total. The van der Waals surface area contributed by atoms with Crippen LogP contribution in [0.15, 0.2) is 11.8 Å². The van der Waals surface area contributed by atoms with Gasteiger partial charge in [-0.2, -0.15) is 0 Å². The summed E-state index contributed by atoms with van der Waals surface area (Å²) < 4.78 is 0. The number of piperidine rings is 1. The molecule has 0 amide bonds. The molecule has 2 aliphatic rings. The van der Waals surface area contributed by atoms with Crippen molar-refractivity contribution in [2.45, 2.75) is 26.2 Å². The van der Waals surface area contributed by atoms with Crippen LogP contribution in [-0.2, 0) is 0 Å². The molecule has 2 aliphatic heterocycles. The Kier molecular flexibility index (Phi) is 3.12. The monoisotopic (exact) mass is 194 g/mol. The van der Waals surface area contributed by atoms with Crippen molar-refractivity contribution in [2.24, 2.45) is 5.92 Å². The first-order valence-corrected chi connectivity index (χ1v) is 5.91. The first-order valence-electron chi connectivity index (χ1n) is 5.91. The molecule has 0 aliphatic carbocycles. The number of rotatable bonds is 1. The highest BCUT2D eigenvalue weighted by atomic mass is 15.2. The zero-order chi connectivity index (χ0) is 9.97. The highest BCUT2D eigenvalue weighted by Gasteiger charge is 2.22. The maximum Gasteiger partial charge on any atom is 0.0180 e. The highest BCUT2D eigenvalue weighted by molar-refractivity contribution is 5.10. The van der Waals surface area contributed by atoms with Crippen LogP contribution in [-0.4, -0.2) is 43.0 Å². The molecule has 0 saturated carbocycles. The second-order valence-electron chi connectivity index (χ2n) is 4.80. The molecular weight excluding hydrogens is 172 g/mol. The van der Waals surface area contributed by atoms with Gasteiger partial charge in [0.1, 0.15) is 0 Å². The van der Waals surface area contributed by atoms with Crippen molar-refractivity contribution in [3.63, 3.8) is 0 Å². The third-order valence-electron chi connectivity index (χ3n) is 3.42. The second-order valence-corrected chi connectivity index (χ2v) is 4.80. The molecule has 2 heterocycles. The minimum atomic E-state index is 0.729. The SMILES string of the molecule is C[C@@H]1CN(C)CC=C1N1CCCCC1.